The zero-order chi connectivity index (χ0) is 20.6. The summed E-state index contributed by atoms with van der Waals surface area (Å²) in [7, 11) is 0. The van der Waals surface area contributed by atoms with E-state index in [4.69, 9.17) is 4.74 Å². The summed E-state index contributed by atoms with van der Waals surface area (Å²) in [5, 5.41) is 23.7. The molecule has 2 heterocycles. The highest BCUT2D eigenvalue weighted by Gasteiger charge is 2.28. The predicted octanol–water partition coefficient (Wildman–Crippen LogP) is 1.23. The summed E-state index contributed by atoms with van der Waals surface area (Å²) in [4.78, 5) is 15.0. The number of nitrogens with zero attached hydrogens (tertiary/aromatic N) is 9. The Balaban J connectivity index is 1.81. The van der Waals surface area contributed by atoms with Crippen LogP contribution in [0.3, 0.4) is 0 Å². The molecule has 1 unspecified atom stereocenters. The van der Waals surface area contributed by atoms with Crippen LogP contribution in [-0.2, 0) is 11.3 Å². The van der Waals surface area contributed by atoms with E-state index in [2.05, 4.69) is 49.8 Å². The molecule has 1 aromatic carbocycles. The van der Waals surface area contributed by atoms with Crippen LogP contribution in [0.4, 0.5) is 0 Å². The Bertz CT molecular complexity index is 905. The third-order valence-corrected chi connectivity index (χ3v) is 4.66. The average Bonchev–Trinajstić information content (AvgIpc) is 3.39. The third kappa shape index (κ3) is 4.80. The maximum absolute atomic E-state index is 12.7. The molecule has 0 fully saturated rings. The van der Waals surface area contributed by atoms with Crippen LogP contribution in [0.15, 0.2) is 30.3 Å². The fourth-order valence-electron chi connectivity index (χ4n) is 2.95. The lowest BCUT2D eigenvalue weighted by Crippen LogP contribution is -2.28. The second-order valence-corrected chi connectivity index (χ2v) is 6.36. The summed E-state index contributed by atoms with van der Waals surface area (Å²) in [6, 6.07) is 8.20. The van der Waals surface area contributed by atoms with Crippen LogP contribution in [0, 0.1) is 0 Å². The van der Waals surface area contributed by atoms with Gasteiger partial charge in [-0.2, -0.15) is 0 Å². The zero-order valence-electron chi connectivity index (χ0n) is 16.8. The summed E-state index contributed by atoms with van der Waals surface area (Å²) in [5.74, 6) is 0.753. The second kappa shape index (κ2) is 9.82. The van der Waals surface area contributed by atoms with E-state index in [0.29, 0.717) is 30.4 Å². The number of hydrogen-bond acceptors (Lipinski definition) is 9. The molecule has 0 aliphatic rings. The van der Waals surface area contributed by atoms with Gasteiger partial charge < -0.3 is 9.64 Å². The van der Waals surface area contributed by atoms with Crippen LogP contribution < -0.4 is 4.74 Å². The van der Waals surface area contributed by atoms with Gasteiger partial charge in [0.15, 0.2) is 6.04 Å². The molecule has 0 saturated heterocycles. The minimum Gasteiger partial charge on any atom is -0.425 e. The molecule has 0 spiro atoms. The molecule has 0 N–H and O–H groups in total. The molecule has 154 valence electrons. The number of ether oxygens (including phenoxy) is 1. The summed E-state index contributed by atoms with van der Waals surface area (Å²) >= 11 is 0. The number of likely N-dealkylation sites (N-methyl/N-ethyl adjacent to an activating group) is 1. The number of carbonyl (C=O) groups excluding carboxylic acids is 1. The Kier molecular flexibility index (Phi) is 6.95. The maximum Gasteiger partial charge on any atom is 0.336 e. The molecule has 11 nitrogen and oxygen atoms in total. The van der Waals surface area contributed by atoms with Crippen molar-refractivity contribution in [2.24, 2.45) is 0 Å². The Hall–Kier alpha value is -3.21. The monoisotopic (exact) mass is 399 g/mol. The molecule has 29 heavy (non-hydrogen) atoms. The van der Waals surface area contributed by atoms with E-state index in [0.717, 1.165) is 19.6 Å². The van der Waals surface area contributed by atoms with Crippen molar-refractivity contribution in [3.8, 4) is 17.4 Å². The number of tetrazole rings is 2. The Morgan fingerprint density at radius 1 is 1.03 bits per heavy atom. The van der Waals surface area contributed by atoms with Crippen molar-refractivity contribution in [3.63, 3.8) is 0 Å². The lowest BCUT2D eigenvalue weighted by Gasteiger charge is -2.18. The summed E-state index contributed by atoms with van der Waals surface area (Å²) in [6.45, 7) is 9.33. The van der Waals surface area contributed by atoms with Gasteiger partial charge in [-0.3, -0.25) is 0 Å². The fraction of sp³-hybridized carbons (Fsp3) is 0.500. The molecule has 0 saturated carbocycles. The van der Waals surface area contributed by atoms with Gasteiger partial charge >= 0.3 is 5.97 Å². The van der Waals surface area contributed by atoms with E-state index < -0.39 is 12.0 Å². The average molecular weight is 399 g/mol. The van der Waals surface area contributed by atoms with E-state index in [1.165, 1.54) is 4.68 Å². The third-order valence-electron chi connectivity index (χ3n) is 4.66. The van der Waals surface area contributed by atoms with Gasteiger partial charge in [-0.05, 0) is 52.5 Å². The van der Waals surface area contributed by atoms with E-state index in [1.807, 2.05) is 13.0 Å². The van der Waals surface area contributed by atoms with Crippen molar-refractivity contribution in [2.75, 3.05) is 19.6 Å². The molecular formula is C18H25N9O2. The summed E-state index contributed by atoms with van der Waals surface area (Å²) in [6.07, 6.45) is 0.449. The van der Waals surface area contributed by atoms with Crippen molar-refractivity contribution in [1.29, 1.82) is 0 Å². The van der Waals surface area contributed by atoms with E-state index >= 15 is 0 Å². The van der Waals surface area contributed by atoms with Crippen molar-refractivity contribution in [3.05, 3.63) is 30.3 Å². The molecule has 1 atom stereocenters. The van der Waals surface area contributed by atoms with Crippen LogP contribution in [0.2, 0.25) is 0 Å². The smallest absolute Gasteiger partial charge is 0.336 e. The fourth-order valence-corrected chi connectivity index (χ4v) is 2.95. The molecule has 3 rings (SSSR count). The highest BCUT2D eigenvalue weighted by Crippen LogP contribution is 2.21. The number of carbonyl (C=O) groups is 1. The highest BCUT2D eigenvalue weighted by atomic mass is 16.5. The number of esters is 1. The van der Waals surface area contributed by atoms with Crippen LogP contribution >= 0.6 is 0 Å². The summed E-state index contributed by atoms with van der Waals surface area (Å²) in [5.41, 5.74) is 0. The van der Waals surface area contributed by atoms with Gasteiger partial charge in [0.05, 0.1) is 6.54 Å². The second-order valence-electron chi connectivity index (χ2n) is 6.36. The van der Waals surface area contributed by atoms with Crippen molar-refractivity contribution < 1.29 is 9.53 Å². The minimum absolute atomic E-state index is 0.325. The highest BCUT2D eigenvalue weighted by molar-refractivity contribution is 5.77. The maximum atomic E-state index is 12.7. The standard InChI is InChI=1S/C18H25N9O2/c1-4-15(18(28)29-14-10-8-7-9-11-14)27-17(20-22-24-27)16-19-21-23-26(16)13-12-25(5-2)6-3/h7-11,15H,4-6,12-13H2,1-3H3. The van der Waals surface area contributed by atoms with Gasteiger partial charge in [-0.15, -0.1) is 10.2 Å². The first-order valence-electron chi connectivity index (χ1n) is 9.71. The normalized spacial score (nSPS) is 12.3. The number of para-hydroxylation sites is 1. The van der Waals surface area contributed by atoms with E-state index in [9.17, 15) is 4.79 Å². The Labute approximate surface area is 168 Å². The van der Waals surface area contributed by atoms with Gasteiger partial charge in [-0.25, -0.2) is 14.2 Å². The van der Waals surface area contributed by atoms with Gasteiger partial charge in [0.2, 0.25) is 11.6 Å². The van der Waals surface area contributed by atoms with E-state index in [-0.39, 0.29) is 0 Å². The van der Waals surface area contributed by atoms with Gasteiger partial charge in [0, 0.05) is 6.54 Å². The zero-order valence-corrected chi connectivity index (χ0v) is 16.8. The number of benzene rings is 1. The Morgan fingerprint density at radius 2 is 1.72 bits per heavy atom. The molecule has 0 amide bonds. The van der Waals surface area contributed by atoms with Crippen LogP contribution in [0.1, 0.15) is 33.2 Å². The lowest BCUT2D eigenvalue weighted by molar-refractivity contribution is -0.138. The SMILES string of the molecule is CCC(C(=O)Oc1ccccc1)n1nnnc1-c1nnnn1CCN(CC)CC. The topological polar surface area (TPSA) is 117 Å². The lowest BCUT2D eigenvalue weighted by atomic mass is 10.2. The number of aromatic nitrogens is 8. The van der Waals surface area contributed by atoms with Gasteiger partial charge in [0.1, 0.15) is 5.75 Å². The molecule has 2 aromatic heterocycles. The molecular weight excluding hydrogens is 374 g/mol. The van der Waals surface area contributed by atoms with Crippen LogP contribution in [0.5, 0.6) is 5.75 Å². The molecule has 0 bridgehead atoms. The molecule has 0 aliphatic heterocycles. The molecule has 11 heteroatoms. The Morgan fingerprint density at radius 3 is 2.41 bits per heavy atom. The van der Waals surface area contributed by atoms with Crippen LogP contribution in [-0.4, -0.2) is 70.9 Å². The molecule has 0 radical (unpaired) electrons. The van der Waals surface area contributed by atoms with Gasteiger partial charge in [-0.1, -0.05) is 39.0 Å². The largest absolute Gasteiger partial charge is 0.425 e. The molecule has 3 aromatic rings. The minimum atomic E-state index is -0.701. The van der Waals surface area contributed by atoms with Crippen molar-refractivity contribution >= 4 is 5.97 Å². The first-order valence-corrected chi connectivity index (χ1v) is 9.71. The predicted molar refractivity (Wildman–Crippen MR) is 104 cm³/mol. The molecule has 0 aliphatic carbocycles. The van der Waals surface area contributed by atoms with E-state index in [1.54, 1.807) is 28.9 Å². The number of hydrogen-bond donors (Lipinski definition) is 0. The van der Waals surface area contributed by atoms with Crippen LogP contribution in [0.25, 0.3) is 11.6 Å². The van der Waals surface area contributed by atoms with Gasteiger partial charge in [0.25, 0.3) is 0 Å². The van der Waals surface area contributed by atoms with Crippen molar-refractivity contribution in [2.45, 2.75) is 39.8 Å². The number of rotatable bonds is 10. The first kappa shape index (κ1) is 20.5. The quantitative estimate of drug-likeness (QED) is 0.366. The summed E-state index contributed by atoms with van der Waals surface area (Å²) < 4.78 is 8.55. The first-order chi connectivity index (χ1) is 14.2. The van der Waals surface area contributed by atoms with Crippen molar-refractivity contribution in [1.82, 2.24) is 45.3 Å².